The van der Waals surface area contributed by atoms with Gasteiger partial charge in [0.15, 0.2) is 5.82 Å². The van der Waals surface area contributed by atoms with Crippen LogP contribution in [0, 0.1) is 5.41 Å². The summed E-state index contributed by atoms with van der Waals surface area (Å²) in [4.78, 5) is 7.25. The zero-order chi connectivity index (χ0) is 14.1. The van der Waals surface area contributed by atoms with E-state index in [-0.39, 0.29) is 10.3 Å². The number of halogens is 4. The van der Waals surface area contributed by atoms with Crippen molar-refractivity contribution in [1.82, 2.24) is 4.98 Å². The summed E-state index contributed by atoms with van der Waals surface area (Å²) in [6, 6.07) is 0.744. The average Bonchev–Trinajstić information content (AvgIpc) is 2.17. The molecule has 0 aliphatic heterocycles. The summed E-state index contributed by atoms with van der Waals surface area (Å²) in [5.74, 6) is -0.768. The minimum atomic E-state index is -4.52. The summed E-state index contributed by atoms with van der Waals surface area (Å²) in [7, 11) is 0. The Morgan fingerprint density at radius 1 is 1.33 bits per heavy atom. The molecule has 100 valence electrons. The number of aliphatic imine (C=N–C) groups is 1. The lowest BCUT2D eigenvalue weighted by Gasteiger charge is -2.25. The summed E-state index contributed by atoms with van der Waals surface area (Å²) in [5, 5.41) is 11.6. The van der Waals surface area contributed by atoms with Crippen LogP contribution in [0.1, 0.15) is 26.3 Å². The fourth-order valence-corrected chi connectivity index (χ4v) is 1.42. The SMILES string of the molecule is CC(C)(C)C([O-])=Nc1cc(C(F)(F)F)c(Br)cn1. The smallest absolute Gasteiger partial charge is 0.417 e. The van der Waals surface area contributed by atoms with Gasteiger partial charge in [-0.05, 0) is 33.3 Å². The van der Waals surface area contributed by atoms with Crippen molar-refractivity contribution in [1.29, 1.82) is 0 Å². The maximum atomic E-state index is 12.6. The van der Waals surface area contributed by atoms with Gasteiger partial charge in [-0.3, -0.25) is 0 Å². The maximum absolute atomic E-state index is 12.6. The van der Waals surface area contributed by atoms with Gasteiger partial charge >= 0.3 is 6.18 Å². The maximum Gasteiger partial charge on any atom is 0.417 e. The highest BCUT2D eigenvalue weighted by Crippen LogP contribution is 2.36. The second-order valence-electron chi connectivity index (χ2n) is 4.69. The predicted octanol–water partition coefficient (Wildman–Crippen LogP) is 3.30. The molecule has 0 aromatic carbocycles. The van der Waals surface area contributed by atoms with Crippen molar-refractivity contribution >= 4 is 27.6 Å². The first-order valence-corrected chi connectivity index (χ1v) is 5.80. The lowest BCUT2D eigenvalue weighted by Crippen LogP contribution is -2.32. The Kier molecular flexibility index (Phi) is 4.05. The zero-order valence-electron chi connectivity index (χ0n) is 9.97. The molecule has 0 saturated carbocycles. The lowest BCUT2D eigenvalue weighted by molar-refractivity contribution is -0.228. The topological polar surface area (TPSA) is 48.3 Å². The van der Waals surface area contributed by atoms with Gasteiger partial charge in [0.05, 0.1) is 5.56 Å². The Hall–Kier alpha value is -1.11. The molecule has 0 aliphatic rings. The monoisotopic (exact) mass is 323 g/mol. The van der Waals surface area contributed by atoms with Crippen LogP contribution in [0.15, 0.2) is 21.7 Å². The van der Waals surface area contributed by atoms with Gasteiger partial charge in [-0.1, -0.05) is 20.8 Å². The van der Waals surface area contributed by atoms with Crippen LogP contribution in [-0.2, 0) is 6.18 Å². The third-order valence-electron chi connectivity index (χ3n) is 2.00. The number of aromatic nitrogens is 1. The van der Waals surface area contributed by atoms with Crippen molar-refractivity contribution in [2.45, 2.75) is 26.9 Å². The van der Waals surface area contributed by atoms with Gasteiger partial charge in [0.2, 0.25) is 0 Å². The van der Waals surface area contributed by atoms with Crippen molar-refractivity contribution in [3.63, 3.8) is 0 Å². The summed E-state index contributed by atoms with van der Waals surface area (Å²) >= 11 is 2.76. The largest absolute Gasteiger partial charge is 0.861 e. The van der Waals surface area contributed by atoms with Crippen molar-refractivity contribution in [2.75, 3.05) is 0 Å². The minimum absolute atomic E-state index is 0.183. The average molecular weight is 324 g/mol. The zero-order valence-corrected chi connectivity index (χ0v) is 11.6. The first-order valence-electron chi connectivity index (χ1n) is 5.01. The summed E-state index contributed by atoms with van der Waals surface area (Å²) < 4.78 is 37.7. The van der Waals surface area contributed by atoms with Crippen LogP contribution in [0.3, 0.4) is 0 Å². The van der Waals surface area contributed by atoms with E-state index in [0.29, 0.717) is 0 Å². The lowest BCUT2D eigenvalue weighted by atomic mass is 9.97. The molecule has 0 spiro atoms. The van der Waals surface area contributed by atoms with E-state index in [1.165, 1.54) is 0 Å². The Bertz CT molecular complexity index is 478. The highest BCUT2D eigenvalue weighted by atomic mass is 79.9. The third-order valence-corrected chi connectivity index (χ3v) is 2.64. The fourth-order valence-electron chi connectivity index (χ4n) is 0.978. The molecule has 0 saturated heterocycles. The highest BCUT2D eigenvalue weighted by Gasteiger charge is 2.33. The Balaban J connectivity index is 3.23. The van der Waals surface area contributed by atoms with E-state index in [1.807, 2.05) is 0 Å². The number of rotatable bonds is 1. The van der Waals surface area contributed by atoms with Crippen LogP contribution in [-0.4, -0.2) is 10.9 Å². The quantitative estimate of drug-likeness (QED) is 0.588. The summed E-state index contributed by atoms with van der Waals surface area (Å²) in [6.45, 7) is 4.88. The van der Waals surface area contributed by atoms with Crippen LogP contribution in [0.4, 0.5) is 19.0 Å². The number of hydrogen-bond acceptors (Lipinski definition) is 3. The van der Waals surface area contributed by atoms with Crippen LogP contribution >= 0.6 is 15.9 Å². The van der Waals surface area contributed by atoms with Crippen LogP contribution < -0.4 is 5.11 Å². The van der Waals surface area contributed by atoms with E-state index in [2.05, 4.69) is 25.9 Å². The summed E-state index contributed by atoms with van der Waals surface area (Å²) in [6.07, 6.45) is -3.53. The van der Waals surface area contributed by atoms with Gasteiger partial charge in [-0.25, -0.2) is 9.98 Å². The number of alkyl halides is 3. The van der Waals surface area contributed by atoms with E-state index in [9.17, 15) is 18.3 Å². The van der Waals surface area contributed by atoms with Crippen molar-refractivity contribution in [3.8, 4) is 0 Å². The van der Waals surface area contributed by atoms with Gasteiger partial charge in [0.1, 0.15) is 0 Å². The van der Waals surface area contributed by atoms with Gasteiger partial charge in [0.25, 0.3) is 0 Å². The molecule has 1 rings (SSSR count). The molecule has 1 heterocycles. The van der Waals surface area contributed by atoms with Gasteiger partial charge in [0, 0.05) is 10.7 Å². The van der Waals surface area contributed by atoms with E-state index in [4.69, 9.17) is 0 Å². The molecule has 0 bridgehead atoms. The summed E-state index contributed by atoms with van der Waals surface area (Å²) in [5.41, 5.74) is -1.66. The molecule has 3 nitrogen and oxygen atoms in total. The number of hydrogen-bond donors (Lipinski definition) is 0. The van der Waals surface area contributed by atoms with Gasteiger partial charge in [-0.2, -0.15) is 13.2 Å². The van der Waals surface area contributed by atoms with Crippen molar-refractivity contribution < 1.29 is 18.3 Å². The first-order chi connectivity index (χ1) is 8.01. The van der Waals surface area contributed by atoms with E-state index >= 15 is 0 Å². The molecule has 0 unspecified atom stereocenters. The molecule has 0 fully saturated rings. The minimum Gasteiger partial charge on any atom is -0.861 e. The van der Waals surface area contributed by atoms with Crippen LogP contribution in [0.5, 0.6) is 0 Å². The molecule has 1 aromatic heterocycles. The number of nitrogens with zero attached hydrogens (tertiary/aromatic N) is 2. The molecule has 0 amide bonds. The molecular weight excluding hydrogens is 313 g/mol. The first kappa shape index (κ1) is 14.9. The van der Waals surface area contributed by atoms with Crippen LogP contribution in [0.2, 0.25) is 0 Å². The van der Waals surface area contributed by atoms with E-state index in [1.54, 1.807) is 20.8 Å². The van der Waals surface area contributed by atoms with E-state index in [0.717, 1.165) is 12.3 Å². The van der Waals surface area contributed by atoms with Crippen molar-refractivity contribution in [2.24, 2.45) is 10.4 Å². The molecule has 0 atom stereocenters. The Morgan fingerprint density at radius 2 is 1.89 bits per heavy atom. The molecule has 1 aromatic rings. The van der Waals surface area contributed by atoms with Crippen molar-refractivity contribution in [3.05, 3.63) is 22.3 Å². The molecular formula is C11H11BrF3N2O-. The second kappa shape index (κ2) is 4.87. The molecule has 7 heteroatoms. The molecule has 0 radical (unpaired) electrons. The normalized spacial score (nSPS) is 13.8. The second-order valence-corrected chi connectivity index (χ2v) is 5.54. The standard InChI is InChI=1S/C11H12BrF3N2O/c1-10(2,3)9(18)17-8-4-6(11(13,14)15)7(12)5-16-8/h4-5H,1-3H3,(H,16,17,18)/p-1. The Labute approximate surface area is 111 Å². The number of pyridine rings is 1. The van der Waals surface area contributed by atoms with Gasteiger partial charge in [-0.15, -0.1) is 0 Å². The highest BCUT2D eigenvalue weighted by molar-refractivity contribution is 9.10. The predicted molar refractivity (Wildman–Crippen MR) is 63.5 cm³/mol. The van der Waals surface area contributed by atoms with E-state index < -0.39 is 23.1 Å². The molecule has 0 N–H and O–H groups in total. The van der Waals surface area contributed by atoms with Crippen LogP contribution in [0.25, 0.3) is 0 Å². The Morgan fingerprint density at radius 3 is 2.33 bits per heavy atom. The molecule has 18 heavy (non-hydrogen) atoms. The third kappa shape index (κ3) is 3.69. The van der Waals surface area contributed by atoms with Gasteiger partial charge < -0.3 is 5.11 Å². The molecule has 0 aliphatic carbocycles. The fraction of sp³-hybridized carbons (Fsp3) is 0.455.